The number of carbonyl (C=O) groups is 1. The monoisotopic (exact) mass is 376 g/mol. The molecule has 0 N–H and O–H groups in total. The summed E-state index contributed by atoms with van der Waals surface area (Å²) < 4.78 is 11.9. The summed E-state index contributed by atoms with van der Waals surface area (Å²) in [6.07, 6.45) is 0.979. The maximum absolute atomic E-state index is 12.1. The van der Waals surface area contributed by atoms with Crippen LogP contribution in [0.3, 0.4) is 0 Å². The Hall–Kier alpha value is -0.850. The van der Waals surface area contributed by atoms with Crippen LogP contribution in [0, 0.1) is 0 Å². The molecular weight excluding hydrogens is 360 g/mol. The van der Waals surface area contributed by atoms with Gasteiger partial charge in [-0.2, -0.15) is 0 Å². The van der Waals surface area contributed by atoms with Crippen LogP contribution in [-0.4, -0.2) is 41.3 Å². The van der Waals surface area contributed by atoms with E-state index in [9.17, 15) is 4.79 Å². The maximum atomic E-state index is 12.1. The molecule has 0 radical (unpaired) electrons. The Bertz CT molecular complexity index is 533. The molecule has 21 heavy (non-hydrogen) atoms. The van der Waals surface area contributed by atoms with Gasteiger partial charge in [-0.25, -0.2) is 4.79 Å². The van der Waals surface area contributed by atoms with Crippen molar-refractivity contribution in [3.05, 3.63) is 27.5 Å². The fourth-order valence-corrected chi connectivity index (χ4v) is 2.72. The zero-order chi connectivity index (χ0) is 15.6. The molecule has 1 atom stereocenters. The summed E-state index contributed by atoms with van der Waals surface area (Å²) in [5, 5.41) is 0.514. The Morgan fingerprint density at radius 2 is 2.29 bits per heavy atom. The summed E-state index contributed by atoms with van der Waals surface area (Å²) >= 11 is 9.51. The van der Waals surface area contributed by atoms with Crippen molar-refractivity contribution in [3.8, 4) is 0 Å². The summed E-state index contributed by atoms with van der Waals surface area (Å²) in [6.45, 7) is 6.84. The molecule has 2 heterocycles. The van der Waals surface area contributed by atoms with Crippen LogP contribution in [0.25, 0.3) is 0 Å². The Morgan fingerprint density at radius 1 is 1.57 bits per heavy atom. The third-order valence-corrected chi connectivity index (χ3v) is 3.60. The zero-order valence-corrected chi connectivity index (χ0v) is 14.6. The molecule has 0 aliphatic carbocycles. The third kappa shape index (κ3) is 4.56. The fraction of sp³-hybridized carbons (Fsp3) is 0.571. The van der Waals surface area contributed by atoms with E-state index in [2.05, 4.69) is 20.9 Å². The van der Waals surface area contributed by atoms with Gasteiger partial charge in [-0.05, 0) is 42.8 Å². The van der Waals surface area contributed by atoms with Gasteiger partial charge < -0.3 is 14.4 Å². The molecule has 1 aromatic heterocycles. The molecule has 1 aliphatic rings. The Balaban J connectivity index is 2.08. The zero-order valence-electron chi connectivity index (χ0n) is 12.2. The molecule has 1 fully saturated rings. The summed E-state index contributed by atoms with van der Waals surface area (Å²) in [6, 6.07) is 1.76. The Kier molecular flexibility index (Phi) is 5.11. The number of hydrogen-bond acceptors (Lipinski definition) is 4. The number of rotatable bonds is 1. The second-order valence-corrected chi connectivity index (χ2v) is 7.13. The molecule has 2 rings (SSSR count). The smallest absolute Gasteiger partial charge is 0.410 e. The first-order valence-electron chi connectivity index (χ1n) is 6.67. The molecule has 0 bridgehead atoms. The average molecular weight is 378 g/mol. The topological polar surface area (TPSA) is 51.7 Å². The van der Waals surface area contributed by atoms with Crippen molar-refractivity contribution in [2.24, 2.45) is 0 Å². The van der Waals surface area contributed by atoms with Gasteiger partial charge >= 0.3 is 6.09 Å². The van der Waals surface area contributed by atoms with Crippen LogP contribution in [0.15, 0.2) is 16.7 Å². The standard InChI is InChI=1S/C14H18BrClN2O3/c1-14(2,3)21-13(19)18-4-5-20-11(8-18)12-10(16)6-9(15)7-17-12/h6-7,11H,4-5,8H2,1-3H3. The largest absolute Gasteiger partial charge is 0.444 e. The van der Waals surface area contributed by atoms with Crippen LogP contribution in [-0.2, 0) is 9.47 Å². The second-order valence-electron chi connectivity index (χ2n) is 5.81. The predicted octanol–water partition coefficient (Wildman–Crippen LogP) is 3.81. The number of ether oxygens (including phenoxy) is 2. The number of carbonyl (C=O) groups excluding carboxylic acids is 1. The van der Waals surface area contributed by atoms with Crippen molar-refractivity contribution in [1.82, 2.24) is 9.88 Å². The number of aromatic nitrogens is 1. The first kappa shape index (κ1) is 16.5. The van der Waals surface area contributed by atoms with E-state index in [-0.39, 0.29) is 12.2 Å². The van der Waals surface area contributed by atoms with E-state index >= 15 is 0 Å². The molecule has 5 nitrogen and oxygen atoms in total. The van der Waals surface area contributed by atoms with Crippen molar-refractivity contribution < 1.29 is 14.3 Å². The lowest BCUT2D eigenvalue weighted by Gasteiger charge is -2.34. The number of amides is 1. The van der Waals surface area contributed by atoms with Crippen molar-refractivity contribution in [1.29, 1.82) is 0 Å². The number of hydrogen-bond donors (Lipinski definition) is 0. The average Bonchev–Trinajstić information content (AvgIpc) is 2.37. The van der Waals surface area contributed by atoms with Crippen molar-refractivity contribution >= 4 is 33.6 Å². The van der Waals surface area contributed by atoms with Crippen molar-refractivity contribution in [3.63, 3.8) is 0 Å². The number of nitrogens with zero attached hydrogens (tertiary/aromatic N) is 2. The SMILES string of the molecule is CC(C)(C)OC(=O)N1CCOC(c2ncc(Br)cc2Cl)C1. The van der Waals surface area contributed by atoms with E-state index in [0.29, 0.717) is 30.4 Å². The van der Waals surface area contributed by atoms with Crippen LogP contribution in [0.4, 0.5) is 4.79 Å². The minimum Gasteiger partial charge on any atom is -0.444 e. The number of morpholine rings is 1. The molecule has 1 aromatic rings. The van der Waals surface area contributed by atoms with Crippen molar-refractivity contribution in [2.75, 3.05) is 19.7 Å². The number of halogens is 2. The molecule has 1 unspecified atom stereocenters. The molecule has 116 valence electrons. The van der Waals surface area contributed by atoms with Gasteiger partial charge in [0, 0.05) is 17.2 Å². The summed E-state index contributed by atoms with van der Waals surface area (Å²) in [5.74, 6) is 0. The molecule has 0 spiro atoms. The highest BCUT2D eigenvalue weighted by Crippen LogP contribution is 2.29. The van der Waals surface area contributed by atoms with Gasteiger partial charge in [0.2, 0.25) is 0 Å². The van der Waals surface area contributed by atoms with Crippen LogP contribution in [0.1, 0.15) is 32.6 Å². The van der Waals surface area contributed by atoms with E-state index in [4.69, 9.17) is 21.1 Å². The first-order chi connectivity index (χ1) is 9.76. The van der Waals surface area contributed by atoms with Gasteiger partial charge in [-0.1, -0.05) is 11.6 Å². The molecule has 1 saturated heterocycles. The Morgan fingerprint density at radius 3 is 2.90 bits per heavy atom. The quantitative estimate of drug-likeness (QED) is 0.747. The minimum absolute atomic E-state index is 0.341. The van der Waals surface area contributed by atoms with Gasteiger partial charge in [-0.15, -0.1) is 0 Å². The van der Waals surface area contributed by atoms with E-state index < -0.39 is 5.60 Å². The van der Waals surface area contributed by atoms with Gasteiger partial charge in [0.15, 0.2) is 0 Å². The van der Waals surface area contributed by atoms with Gasteiger partial charge in [0.25, 0.3) is 0 Å². The molecule has 1 aliphatic heterocycles. The lowest BCUT2D eigenvalue weighted by Crippen LogP contribution is -2.44. The summed E-state index contributed by atoms with van der Waals surface area (Å²) in [4.78, 5) is 18.0. The molecule has 0 aromatic carbocycles. The highest BCUT2D eigenvalue weighted by Gasteiger charge is 2.30. The number of pyridine rings is 1. The van der Waals surface area contributed by atoms with Crippen LogP contribution < -0.4 is 0 Å². The lowest BCUT2D eigenvalue weighted by molar-refractivity contribution is -0.0446. The van der Waals surface area contributed by atoms with Crippen molar-refractivity contribution in [2.45, 2.75) is 32.5 Å². The van der Waals surface area contributed by atoms with E-state index in [0.717, 1.165) is 4.47 Å². The molecular formula is C14H18BrClN2O3. The van der Waals surface area contributed by atoms with Crippen LogP contribution in [0.5, 0.6) is 0 Å². The first-order valence-corrected chi connectivity index (χ1v) is 7.84. The molecule has 1 amide bonds. The van der Waals surface area contributed by atoms with E-state index in [1.807, 2.05) is 20.8 Å². The van der Waals surface area contributed by atoms with E-state index in [1.165, 1.54) is 0 Å². The summed E-state index contributed by atoms with van der Waals surface area (Å²) in [5.41, 5.74) is 0.117. The fourth-order valence-electron chi connectivity index (χ4n) is 1.97. The highest BCUT2D eigenvalue weighted by molar-refractivity contribution is 9.10. The predicted molar refractivity (Wildman–Crippen MR) is 83.4 cm³/mol. The molecule has 0 saturated carbocycles. The van der Waals surface area contributed by atoms with Gasteiger partial charge in [0.05, 0.1) is 23.9 Å². The summed E-state index contributed by atoms with van der Waals surface area (Å²) in [7, 11) is 0. The third-order valence-electron chi connectivity index (χ3n) is 2.86. The van der Waals surface area contributed by atoms with E-state index in [1.54, 1.807) is 17.2 Å². The van der Waals surface area contributed by atoms with Gasteiger partial charge in [-0.3, -0.25) is 4.98 Å². The van der Waals surface area contributed by atoms with Crippen LogP contribution in [0.2, 0.25) is 5.02 Å². The Labute approximate surface area is 137 Å². The maximum Gasteiger partial charge on any atom is 0.410 e. The minimum atomic E-state index is -0.515. The van der Waals surface area contributed by atoms with Crippen LogP contribution >= 0.6 is 27.5 Å². The molecule has 7 heteroatoms. The highest BCUT2D eigenvalue weighted by atomic mass is 79.9. The normalized spacial score (nSPS) is 19.5. The lowest BCUT2D eigenvalue weighted by atomic mass is 10.2. The second kappa shape index (κ2) is 6.50. The van der Waals surface area contributed by atoms with Gasteiger partial charge in [0.1, 0.15) is 11.7 Å².